The Hall–Kier alpha value is -1.51. The van der Waals surface area contributed by atoms with Gasteiger partial charge < -0.3 is 4.74 Å². The number of nitrogens with two attached hydrogens (primary N) is 1. The van der Waals surface area contributed by atoms with Crippen LogP contribution in [0.2, 0.25) is 0 Å². The molecule has 0 amide bonds. The molecule has 5 nitrogen and oxygen atoms in total. The van der Waals surface area contributed by atoms with E-state index < -0.39 is 15.8 Å². The Balaban J connectivity index is 2.26. The molecule has 0 spiro atoms. The van der Waals surface area contributed by atoms with Crippen molar-refractivity contribution < 1.29 is 17.5 Å². The van der Waals surface area contributed by atoms with Crippen LogP contribution in [0.4, 0.5) is 4.39 Å². The summed E-state index contributed by atoms with van der Waals surface area (Å²) >= 11 is 3.26. The SMILES string of the molecule is NS(=O)(=O)c1cc(F)ccc1OCc1cncc(Br)c1. The van der Waals surface area contributed by atoms with Crippen LogP contribution in [-0.2, 0) is 16.6 Å². The van der Waals surface area contributed by atoms with E-state index >= 15 is 0 Å². The zero-order valence-electron chi connectivity index (χ0n) is 10.1. The van der Waals surface area contributed by atoms with Crippen molar-refractivity contribution in [1.82, 2.24) is 4.98 Å². The Morgan fingerprint density at radius 3 is 2.70 bits per heavy atom. The molecule has 106 valence electrons. The largest absolute Gasteiger partial charge is 0.487 e. The molecule has 0 radical (unpaired) electrons. The molecule has 2 N–H and O–H groups in total. The summed E-state index contributed by atoms with van der Waals surface area (Å²) in [6.07, 6.45) is 3.18. The van der Waals surface area contributed by atoms with Crippen molar-refractivity contribution in [3.63, 3.8) is 0 Å². The molecule has 8 heteroatoms. The molecule has 1 aromatic heterocycles. The summed E-state index contributed by atoms with van der Waals surface area (Å²) in [5.41, 5.74) is 0.726. The minimum atomic E-state index is -4.06. The van der Waals surface area contributed by atoms with E-state index in [9.17, 15) is 12.8 Å². The highest BCUT2D eigenvalue weighted by molar-refractivity contribution is 9.10. The van der Waals surface area contributed by atoms with Crippen LogP contribution in [0.5, 0.6) is 5.75 Å². The normalized spacial score (nSPS) is 11.3. The summed E-state index contributed by atoms with van der Waals surface area (Å²) in [5, 5.41) is 5.03. The third kappa shape index (κ3) is 3.75. The maximum atomic E-state index is 13.1. The number of hydrogen-bond donors (Lipinski definition) is 1. The van der Waals surface area contributed by atoms with E-state index in [1.807, 2.05) is 0 Å². The number of aromatic nitrogens is 1. The van der Waals surface area contributed by atoms with E-state index in [0.29, 0.717) is 0 Å². The summed E-state index contributed by atoms with van der Waals surface area (Å²) in [6.45, 7) is 0.0839. The molecule has 2 aromatic rings. The zero-order valence-corrected chi connectivity index (χ0v) is 12.5. The smallest absolute Gasteiger partial charge is 0.241 e. The van der Waals surface area contributed by atoms with E-state index in [0.717, 1.165) is 22.2 Å². The van der Waals surface area contributed by atoms with Crippen molar-refractivity contribution in [1.29, 1.82) is 0 Å². The van der Waals surface area contributed by atoms with Crippen molar-refractivity contribution in [2.24, 2.45) is 5.14 Å². The third-order valence-electron chi connectivity index (χ3n) is 2.37. The number of pyridine rings is 1. The van der Waals surface area contributed by atoms with Gasteiger partial charge in [0.05, 0.1) is 0 Å². The van der Waals surface area contributed by atoms with Crippen LogP contribution in [0.3, 0.4) is 0 Å². The van der Waals surface area contributed by atoms with Crippen LogP contribution in [0.1, 0.15) is 5.56 Å². The molecule has 0 fully saturated rings. The first-order valence-corrected chi connectivity index (χ1v) is 7.75. The highest BCUT2D eigenvalue weighted by Crippen LogP contribution is 2.24. The Kier molecular flexibility index (Phi) is 4.36. The number of ether oxygens (including phenoxy) is 1. The van der Waals surface area contributed by atoms with Crippen LogP contribution in [-0.4, -0.2) is 13.4 Å². The number of benzene rings is 1. The van der Waals surface area contributed by atoms with Gasteiger partial charge in [0.25, 0.3) is 0 Å². The van der Waals surface area contributed by atoms with Gasteiger partial charge in [0.1, 0.15) is 23.1 Å². The molecular weight excluding hydrogens is 351 g/mol. The maximum Gasteiger partial charge on any atom is 0.241 e. The van der Waals surface area contributed by atoms with E-state index in [4.69, 9.17) is 9.88 Å². The van der Waals surface area contributed by atoms with Gasteiger partial charge >= 0.3 is 0 Å². The number of rotatable bonds is 4. The zero-order chi connectivity index (χ0) is 14.8. The summed E-state index contributed by atoms with van der Waals surface area (Å²) in [5.74, 6) is -0.709. The maximum absolute atomic E-state index is 13.1. The van der Waals surface area contributed by atoms with E-state index in [-0.39, 0.29) is 17.3 Å². The number of sulfonamides is 1. The van der Waals surface area contributed by atoms with Crippen LogP contribution in [0, 0.1) is 5.82 Å². The molecule has 0 aliphatic carbocycles. The van der Waals surface area contributed by atoms with Crippen molar-refractivity contribution in [2.75, 3.05) is 0 Å². The van der Waals surface area contributed by atoms with Gasteiger partial charge in [-0.05, 0) is 40.2 Å². The fraction of sp³-hybridized carbons (Fsp3) is 0.0833. The van der Waals surface area contributed by atoms with Gasteiger partial charge in [-0.2, -0.15) is 0 Å². The minimum absolute atomic E-state index is 0.00567. The van der Waals surface area contributed by atoms with Crippen LogP contribution in [0.25, 0.3) is 0 Å². The molecule has 0 atom stereocenters. The molecule has 0 saturated carbocycles. The van der Waals surface area contributed by atoms with Gasteiger partial charge in [-0.15, -0.1) is 0 Å². The van der Waals surface area contributed by atoms with Gasteiger partial charge in [-0.25, -0.2) is 17.9 Å². The molecule has 0 saturated heterocycles. The molecule has 0 aliphatic rings. The Labute approximate surface area is 123 Å². The second-order valence-electron chi connectivity index (χ2n) is 3.94. The molecule has 1 heterocycles. The fourth-order valence-corrected chi connectivity index (χ4v) is 2.62. The molecule has 2 rings (SSSR count). The molecule has 20 heavy (non-hydrogen) atoms. The van der Waals surface area contributed by atoms with E-state index in [1.54, 1.807) is 18.5 Å². The van der Waals surface area contributed by atoms with Crippen molar-refractivity contribution in [3.8, 4) is 5.75 Å². The standard InChI is InChI=1S/C12H10BrFN2O3S/c13-9-3-8(5-16-6-9)7-19-11-2-1-10(14)4-12(11)20(15,17)18/h1-6H,7H2,(H2,15,17,18). The lowest BCUT2D eigenvalue weighted by atomic mass is 10.3. The van der Waals surface area contributed by atoms with Gasteiger partial charge in [0.15, 0.2) is 0 Å². The Morgan fingerprint density at radius 1 is 1.30 bits per heavy atom. The minimum Gasteiger partial charge on any atom is -0.487 e. The second-order valence-corrected chi connectivity index (χ2v) is 6.38. The predicted octanol–water partition coefficient (Wildman–Crippen LogP) is 2.21. The topological polar surface area (TPSA) is 82.3 Å². The van der Waals surface area contributed by atoms with Crippen LogP contribution >= 0.6 is 15.9 Å². The number of hydrogen-bond acceptors (Lipinski definition) is 4. The predicted molar refractivity (Wildman–Crippen MR) is 74.0 cm³/mol. The lowest BCUT2D eigenvalue weighted by Crippen LogP contribution is -2.14. The summed E-state index contributed by atoms with van der Waals surface area (Å²) < 4.78 is 42.0. The average Bonchev–Trinajstić information content (AvgIpc) is 2.36. The average molecular weight is 361 g/mol. The lowest BCUT2D eigenvalue weighted by molar-refractivity contribution is 0.296. The summed E-state index contributed by atoms with van der Waals surface area (Å²) in [4.78, 5) is 3.56. The first-order chi connectivity index (χ1) is 9.36. The number of nitrogens with zero attached hydrogens (tertiary/aromatic N) is 1. The van der Waals surface area contributed by atoms with Crippen molar-refractivity contribution >= 4 is 26.0 Å². The molecular formula is C12H10BrFN2O3S. The molecule has 0 aliphatic heterocycles. The monoisotopic (exact) mass is 360 g/mol. The molecule has 0 bridgehead atoms. The van der Waals surface area contributed by atoms with Gasteiger partial charge in [-0.1, -0.05) is 0 Å². The van der Waals surface area contributed by atoms with Crippen molar-refractivity contribution in [2.45, 2.75) is 11.5 Å². The lowest BCUT2D eigenvalue weighted by Gasteiger charge is -2.10. The van der Waals surface area contributed by atoms with Crippen LogP contribution in [0.15, 0.2) is 46.0 Å². The second kappa shape index (κ2) is 5.86. The summed E-state index contributed by atoms with van der Waals surface area (Å²) in [7, 11) is -4.06. The number of primary sulfonamides is 1. The van der Waals surface area contributed by atoms with Gasteiger partial charge in [0.2, 0.25) is 10.0 Å². The van der Waals surface area contributed by atoms with E-state index in [1.165, 1.54) is 6.07 Å². The first kappa shape index (κ1) is 14.9. The van der Waals surface area contributed by atoms with Crippen molar-refractivity contribution in [3.05, 3.63) is 52.5 Å². The number of halogens is 2. The first-order valence-electron chi connectivity index (χ1n) is 5.41. The van der Waals surface area contributed by atoms with Gasteiger partial charge in [-0.3, -0.25) is 4.98 Å². The highest BCUT2D eigenvalue weighted by atomic mass is 79.9. The quantitative estimate of drug-likeness (QED) is 0.905. The van der Waals surface area contributed by atoms with E-state index in [2.05, 4.69) is 20.9 Å². The third-order valence-corrected chi connectivity index (χ3v) is 3.73. The Morgan fingerprint density at radius 2 is 2.05 bits per heavy atom. The summed E-state index contributed by atoms with van der Waals surface area (Å²) in [6, 6.07) is 4.92. The fourth-order valence-electron chi connectivity index (χ4n) is 1.52. The molecule has 1 aromatic carbocycles. The van der Waals surface area contributed by atoms with Gasteiger partial charge in [0, 0.05) is 22.4 Å². The van der Waals surface area contributed by atoms with Crippen LogP contribution < -0.4 is 9.88 Å². The Bertz CT molecular complexity index is 737. The highest BCUT2D eigenvalue weighted by Gasteiger charge is 2.16. The molecule has 0 unspecified atom stereocenters.